The van der Waals surface area contributed by atoms with Gasteiger partial charge in [0.25, 0.3) is 0 Å². The molecule has 0 saturated carbocycles. The molecule has 0 saturated heterocycles. The van der Waals surface area contributed by atoms with E-state index in [9.17, 15) is 4.79 Å². The maximum absolute atomic E-state index is 10.9. The van der Waals surface area contributed by atoms with Crippen LogP contribution in [0.1, 0.15) is 50.6 Å². The van der Waals surface area contributed by atoms with Crippen LogP contribution in [0, 0.1) is 0 Å². The number of unbranched alkanes of at least 4 members (excludes halogenated alkanes) is 3. The molecule has 1 aromatic carbocycles. The standard InChI is InChI=1S/C22H37NO6.ClH/c1-19(23)20-7-9-21(10-8-20)29-13-6-4-3-5-12-26-15-17-28-18-16-27-14-11-22(24)25-2;/h7-10,19H,3-6,11-18,23H2,1-2H3;1H/t19-;/m1./s1. The summed E-state index contributed by atoms with van der Waals surface area (Å²) in [5.74, 6) is 0.630. The number of ether oxygens (including phenoxy) is 5. The second-order valence-corrected chi connectivity index (χ2v) is 6.78. The lowest BCUT2D eigenvalue weighted by Gasteiger charge is -2.09. The smallest absolute Gasteiger partial charge is 0.307 e. The van der Waals surface area contributed by atoms with Crippen molar-refractivity contribution in [1.29, 1.82) is 0 Å². The van der Waals surface area contributed by atoms with Crippen molar-refractivity contribution in [2.24, 2.45) is 5.73 Å². The van der Waals surface area contributed by atoms with Crippen LogP contribution >= 0.6 is 12.4 Å². The third kappa shape index (κ3) is 15.5. The SMILES string of the molecule is COC(=O)CCOCCOCCOCCCCCCOc1ccc([C@@H](C)N)cc1.Cl. The van der Waals surface area contributed by atoms with E-state index in [1.54, 1.807) is 0 Å². The molecule has 0 heterocycles. The summed E-state index contributed by atoms with van der Waals surface area (Å²) in [5.41, 5.74) is 6.95. The van der Waals surface area contributed by atoms with E-state index < -0.39 is 0 Å². The van der Waals surface area contributed by atoms with E-state index in [0.717, 1.165) is 50.2 Å². The third-order valence-electron chi connectivity index (χ3n) is 4.28. The van der Waals surface area contributed by atoms with E-state index in [4.69, 9.17) is 24.7 Å². The van der Waals surface area contributed by atoms with Crippen LogP contribution in [0.3, 0.4) is 0 Å². The Kier molecular flexibility index (Phi) is 18.7. The Bertz CT molecular complexity index is 527. The number of methoxy groups -OCH3 is 1. The summed E-state index contributed by atoms with van der Waals surface area (Å²) in [6.45, 7) is 5.91. The molecule has 0 radical (unpaired) electrons. The van der Waals surface area contributed by atoms with Gasteiger partial charge in [-0.05, 0) is 43.9 Å². The zero-order valence-corrected chi connectivity index (χ0v) is 19.1. The maximum Gasteiger partial charge on any atom is 0.307 e. The van der Waals surface area contributed by atoms with E-state index in [-0.39, 0.29) is 30.8 Å². The Hall–Kier alpha value is -1.38. The van der Waals surface area contributed by atoms with Crippen molar-refractivity contribution in [3.05, 3.63) is 29.8 Å². The molecule has 0 amide bonds. The van der Waals surface area contributed by atoms with Crippen molar-refractivity contribution in [2.45, 2.75) is 45.1 Å². The van der Waals surface area contributed by atoms with E-state index in [1.807, 2.05) is 31.2 Å². The molecule has 30 heavy (non-hydrogen) atoms. The average molecular weight is 448 g/mol. The molecule has 0 aliphatic carbocycles. The number of halogens is 1. The summed E-state index contributed by atoms with van der Waals surface area (Å²) in [6.07, 6.45) is 4.60. The Morgan fingerprint density at radius 1 is 0.833 bits per heavy atom. The lowest BCUT2D eigenvalue weighted by Crippen LogP contribution is -2.12. The van der Waals surface area contributed by atoms with Gasteiger partial charge in [-0.1, -0.05) is 18.6 Å². The van der Waals surface area contributed by atoms with Crippen molar-refractivity contribution in [3.63, 3.8) is 0 Å². The first-order valence-electron chi connectivity index (χ1n) is 10.4. The molecule has 0 aliphatic heterocycles. The summed E-state index contributed by atoms with van der Waals surface area (Å²) in [7, 11) is 1.37. The summed E-state index contributed by atoms with van der Waals surface area (Å²) in [6, 6.07) is 8.03. The van der Waals surface area contributed by atoms with E-state index in [0.29, 0.717) is 33.0 Å². The summed E-state index contributed by atoms with van der Waals surface area (Å²) >= 11 is 0. The van der Waals surface area contributed by atoms with Gasteiger partial charge >= 0.3 is 5.97 Å². The first-order valence-corrected chi connectivity index (χ1v) is 10.4. The highest BCUT2D eigenvalue weighted by Crippen LogP contribution is 2.16. The molecule has 2 N–H and O–H groups in total. The molecular formula is C22H38ClNO6. The summed E-state index contributed by atoms with van der Waals surface area (Å²) < 4.78 is 26.5. The lowest BCUT2D eigenvalue weighted by atomic mass is 10.1. The molecule has 0 aliphatic rings. The number of carbonyl (C=O) groups excluding carboxylic acids is 1. The van der Waals surface area contributed by atoms with Gasteiger partial charge in [-0.15, -0.1) is 12.4 Å². The Morgan fingerprint density at radius 3 is 1.93 bits per heavy atom. The predicted octanol–water partition coefficient (Wildman–Crippen LogP) is 3.68. The van der Waals surface area contributed by atoms with Gasteiger partial charge in [0.15, 0.2) is 0 Å². The Balaban J connectivity index is 0.00000841. The average Bonchev–Trinajstić information content (AvgIpc) is 2.73. The first-order chi connectivity index (χ1) is 14.1. The quantitative estimate of drug-likeness (QED) is 0.271. The molecule has 8 heteroatoms. The minimum absolute atomic E-state index is 0. The molecule has 1 atom stereocenters. The fourth-order valence-electron chi connectivity index (χ4n) is 2.52. The number of hydrogen-bond donors (Lipinski definition) is 1. The fourth-order valence-corrected chi connectivity index (χ4v) is 2.52. The Morgan fingerprint density at radius 2 is 1.37 bits per heavy atom. The van der Waals surface area contributed by atoms with Crippen LogP contribution in [0.15, 0.2) is 24.3 Å². The molecule has 0 spiro atoms. The zero-order valence-electron chi connectivity index (χ0n) is 18.3. The first kappa shape index (κ1) is 28.6. The van der Waals surface area contributed by atoms with Crippen LogP contribution in [-0.2, 0) is 23.7 Å². The number of benzene rings is 1. The number of rotatable bonds is 18. The van der Waals surface area contributed by atoms with Gasteiger partial charge in [-0.2, -0.15) is 0 Å². The van der Waals surface area contributed by atoms with E-state index >= 15 is 0 Å². The van der Waals surface area contributed by atoms with Crippen molar-refractivity contribution in [2.75, 3.05) is 53.4 Å². The van der Waals surface area contributed by atoms with Gasteiger partial charge in [-0.25, -0.2) is 0 Å². The highest BCUT2D eigenvalue weighted by molar-refractivity contribution is 5.85. The lowest BCUT2D eigenvalue weighted by molar-refractivity contribution is -0.141. The molecule has 7 nitrogen and oxygen atoms in total. The second-order valence-electron chi connectivity index (χ2n) is 6.78. The minimum atomic E-state index is -0.265. The van der Waals surface area contributed by atoms with Gasteiger partial charge < -0.3 is 29.4 Å². The number of nitrogens with two attached hydrogens (primary N) is 1. The van der Waals surface area contributed by atoms with Gasteiger partial charge in [0.05, 0.1) is 53.2 Å². The van der Waals surface area contributed by atoms with E-state index in [2.05, 4.69) is 4.74 Å². The summed E-state index contributed by atoms with van der Waals surface area (Å²) in [4.78, 5) is 10.9. The van der Waals surface area contributed by atoms with Gasteiger partial charge in [0, 0.05) is 12.6 Å². The second kappa shape index (κ2) is 19.6. The van der Waals surface area contributed by atoms with Crippen molar-refractivity contribution in [1.82, 2.24) is 0 Å². The number of hydrogen-bond acceptors (Lipinski definition) is 7. The number of esters is 1. The molecular weight excluding hydrogens is 410 g/mol. The fraction of sp³-hybridized carbons (Fsp3) is 0.682. The molecule has 1 aromatic rings. The van der Waals surface area contributed by atoms with E-state index in [1.165, 1.54) is 7.11 Å². The van der Waals surface area contributed by atoms with Gasteiger partial charge in [0.2, 0.25) is 0 Å². The highest BCUT2D eigenvalue weighted by atomic mass is 35.5. The molecule has 0 bridgehead atoms. The van der Waals surface area contributed by atoms with Crippen LogP contribution in [0.25, 0.3) is 0 Å². The van der Waals surface area contributed by atoms with Crippen LogP contribution in [-0.4, -0.2) is 59.3 Å². The summed E-state index contributed by atoms with van der Waals surface area (Å²) in [5, 5.41) is 0. The largest absolute Gasteiger partial charge is 0.494 e. The van der Waals surface area contributed by atoms with Crippen LogP contribution in [0.2, 0.25) is 0 Å². The molecule has 174 valence electrons. The molecule has 0 aromatic heterocycles. The predicted molar refractivity (Wildman–Crippen MR) is 119 cm³/mol. The normalized spacial score (nSPS) is 11.6. The maximum atomic E-state index is 10.9. The topological polar surface area (TPSA) is 89.2 Å². The third-order valence-corrected chi connectivity index (χ3v) is 4.28. The van der Waals surface area contributed by atoms with Gasteiger partial charge in [-0.3, -0.25) is 4.79 Å². The molecule has 0 fully saturated rings. The molecule has 1 rings (SSSR count). The Labute approximate surface area is 186 Å². The van der Waals surface area contributed by atoms with Crippen LogP contribution in [0.5, 0.6) is 5.75 Å². The van der Waals surface area contributed by atoms with Crippen LogP contribution < -0.4 is 10.5 Å². The van der Waals surface area contributed by atoms with Gasteiger partial charge in [0.1, 0.15) is 5.75 Å². The minimum Gasteiger partial charge on any atom is -0.494 e. The monoisotopic (exact) mass is 447 g/mol. The van der Waals surface area contributed by atoms with Crippen molar-refractivity contribution in [3.8, 4) is 5.75 Å². The number of carbonyl (C=O) groups is 1. The zero-order chi connectivity index (χ0) is 21.2. The van der Waals surface area contributed by atoms with Crippen molar-refractivity contribution < 1.29 is 28.5 Å². The molecule has 0 unspecified atom stereocenters. The highest BCUT2D eigenvalue weighted by Gasteiger charge is 2.00. The van der Waals surface area contributed by atoms with Crippen molar-refractivity contribution >= 4 is 18.4 Å². The van der Waals surface area contributed by atoms with Crippen LogP contribution in [0.4, 0.5) is 0 Å².